The van der Waals surface area contributed by atoms with Crippen molar-refractivity contribution in [3.05, 3.63) is 0 Å². The quantitative estimate of drug-likeness (QED) is 0.807. The number of likely N-dealkylation sites (tertiary alicyclic amines) is 1. The van der Waals surface area contributed by atoms with Crippen molar-refractivity contribution in [2.75, 3.05) is 46.4 Å². The molecule has 0 aromatic carbocycles. The van der Waals surface area contributed by atoms with Crippen molar-refractivity contribution < 1.29 is 14.6 Å². The summed E-state index contributed by atoms with van der Waals surface area (Å²) in [6, 6.07) is 0. The molecule has 0 bridgehead atoms. The van der Waals surface area contributed by atoms with Gasteiger partial charge in [0.15, 0.2) is 0 Å². The van der Waals surface area contributed by atoms with E-state index in [-0.39, 0.29) is 5.91 Å². The van der Waals surface area contributed by atoms with E-state index in [0.717, 1.165) is 25.9 Å². The Bertz CT molecular complexity index is 297. The Hall–Kier alpha value is -0.650. The van der Waals surface area contributed by atoms with E-state index in [0.29, 0.717) is 39.1 Å². The van der Waals surface area contributed by atoms with E-state index in [2.05, 4.69) is 0 Å². The molecular weight excluding hydrogens is 244 g/mol. The van der Waals surface area contributed by atoms with Crippen molar-refractivity contribution in [3.8, 4) is 0 Å². The van der Waals surface area contributed by atoms with Gasteiger partial charge in [0.05, 0.1) is 12.1 Å². The number of nitrogens with zero attached hydrogens (tertiary/aromatic N) is 2. The van der Waals surface area contributed by atoms with Gasteiger partial charge in [0, 0.05) is 45.7 Å². The van der Waals surface area contributed by atoms with Crippen molar-refractivity contribution in [1.82, 2.24) is 9.80 Å². The Morgan fingerprint density at radius 2 is 1.89 bits per heavy atom. The molecule has 1 N–H and O–H groups in total. The lowest BCUT2D eigenvalue weighted by atomic mass is 9.94. The number of carbonyl (C=O) groups excluding carboxylic acids is 1. The van der Waals surface area contributed by atoms with Crippen LogP contribution in [0.4, 0.5) is 0 Å². The molecule has 2 aliphatic heterocycles. The van der Waals surface area contributed by atoms with E-state index in [9.17, 15) is 9.90 Å². The van der Waals surface area contributed by atoms with Gasteiger partial charge in [-0.2, -0.15) is 0 Å². The molecule has 1 amide bonds. The van der Waals surface area contributed by atoms with Gasteiger partial charge in [-0.3, -0.25) is 9.69 Å². The largest absolute Gasteiger partial charge is 0.388 e. The molecule has 0 atom stereocenters. The van der Waals surface area contributed by atoms with Gasteiger partial charge in [-0.15, -0.1) is 0 Å². The molecule has 5 heteroatoms. The number of hydrogen-bond acceptors (Lipinski definition) is 4. The number of hydrogen-bond donors (Lipinski definition) is 1. The fourth-order valence-electron chi connectivity index (χ4n) is 2.94. The third-order valence-corrected chi connectivity index (χ3v) is 4.10. The van der Waals surface area contributed by atoms with E-state index in [4.69, 9.17) is 4.74 Å². The van der Waals surface area contributed by atoms with Crippen LogP contribution in [0.25, 0.3) is 0 Å². The molecular formula is C14H26N2O3. The summed E-state index contributed by atoms with van der Waals surface area (Å²) in [5.41, 5.74) is -0.685. The monoisotopic (exact) mass is 270 g/mol. The maximum Gasteiger partial charge on any atom is 0.236 e. The van der Waals surface area contributed by atoms with Crippen molar-refractivity contribution in [2.24, 2.45) is 0 Å². The highest BCUT2D eigenvalue weighted by atomic mass is 16.5. The Balaban J connectivity index is 1.76. The van der Waals surface area contributed by atoms with Gasteiger partial charge >= 0.3 is 0 Å². The number of likely N-dealkylation sites (N-methyl/N-ethyl adjacent to an activating group) is 1. The number of piperidine rings is 1. The van der Waals surface area contributed by atoms with Crippen LogP contribution in [0.15, 0.2) is 0 Å². The van der Waals surface area contributed by atoms with Crippen LogP contribution in [0.2, 0.25) is 0 Å². The Morgan fingerprint density at radius 1 is 1.26 bits per heavy atom. The van der Waals surface area contributed by atoms with Crippen molar-refractivity contribution in [1.29, 1.82) is 0 Å². The van der Waals surface area contributed by atoms with Gasteiger partial charge in [-0.25, -0.2) is 0 Å². The highest BCUT2D eigenvalue weighted by Crippen LogP contribution is 2.21. The number of aliphatic hydroxyl groups is 1. The van der Waals surface area contributed by atoms with Crippen LogP contribution in [0.5, 0.6) is 0 Å². The first-order valence-corrected chi connectivity index (χ1v) is 7.36. The Morgan fingerprint density at radius 3 is 2.53 bits per heavy atom. The predicted molar refractivity (Wildman–Crippen MR) is 72.9 cm³/mol. The average molecular weight is 270 g/mol. The Labute approximate surface area is 115 Å². The molecule has 0 saturated carbocycles. The third kappa shape index (κ3) is 4.44. The smallest absolute Gasteiger partial charge is 0.236 e. The molecule has 2 heterocycles. The first-order chi connectivity index (χ1) is 9.09. The Kier molecular flexibility index (Phi) is 5.19. The number of rotatable bonds is 4. The molecule has 0 unspecified atom stereocenters. The minimum Gasteiger partial charge on any atom is -0.388 e. The standard InChI is InChI=1S/C14H26N2O3/c1-15(12-14(18)5-9-19-10-6-14)11-13(17)16-7-3-2-4-8-16/h18H,2-12H2,1H3. The summed E-state index contributed by atoms with van der Waals surface area (Å²) < 4.78 is 5.27. The molecule has 2 rings (SSSR count). The van der Waals surface area contributed by atoms with Gasteiger partial charge in [-0.05, 0) is 26.3 Å². The number of carbonyl (C=O) groups is 1. The zero-order valence-corrected chi connectivity index (χ0v) is 11.9. The summed E-state index contributed by atoms with van der Waals surface area (Å²) in [6.45, 7) is 3.98. The molecule has 19 heavy (non-hydrogen) atoms. The van der Waals surface area contributed by atoms with Crippen LogP contribution in [0, 0.1) is 0 Å². The zero-order chi connectivity index (χ0) is 13.7. The maximum atomic E-state index is 12.1. The van der Waals surface area contributed by atoms with Crippen LogP contribution in [0.3, 0.4) is 0 Å². The molecule has 0 aromatic rings. The van der Waals surface area contributed by atoms with Gasteiger partial charge in [-0.1, -0.05) is 0 Å². The fourth-order valence-corrected chi connectivity index (χ4v) is 2.94. The van der Waals surface area contributed by atoms with E-state index in [1.165, 1.54) is 6.42 Å². The maximum absolute atomic E-state index is 12.1. The van der Waals surface area contributed by atoms with Gasteiger partial charge in [0.1, 0.15) is 0 Å². The molecule has 0 aromatic heterocycles. The zero-order valence-electron chi connectivity index (χ0n) is 11.9. The van der Waals surface area contributed by atoms with Crippen LogP contribution < -0.4 is 0 Å². The SMILES string of the molecule is CN(CC(=O)N1CCCCC1)CC1(O)CCOCC1. The van der Waals surface area contributed by atoms with Crippen molar-refractivity contribution in [2.45, 2.75) is 37.7 Å². The molecule has 2 fully saturated rings. The summed E-state index contributed by atoms with van der Waals surface area (Å²) >= 11 is 0. The van der Waals surface area contributed by atoms with E-state index >= 15 is 0 Å². The summed E-state index contributed by atoms with van der Waals surface area (Å²) in [7, 11) is 1.91. The molecule has 110 valence electrons. The summed E-state index contributed by atoms with van der Waals surface area (Å²) in [5.74, 6) is 0.192. The topological polar surface area (TPSA) is 53.0 Å². The fraction of sp³-hybridized carbons (Fsp3) is 0.929. The van der Waals surface area contributed by atoms with E-state index in [1.54, 1.807) is 0 Å². The van der Waals surface area contributed by atoms with E-state index in [1.807, 2.05) is 16.8 Å². The first kappa shape index (κ1) is 14.8. The van der Waals surface area contributed by atoms with Gasteiger partial charge < -0.3 is 14.7 Å². The van der Waals surface area contributed by atoms with E-state index < -0.39 is 5.60 Å². The van der Waals surface area contributed by atoms with Gasteiger partial charge in [0.2, 0.25) is 5.91 Å². The second kappa shape index (κ2) is 6.68. The van der Waals surface area contributed by atoms with Crippen molar-refractivity contribution >= 4 is 5.91 Å². The highest BCUT2D eigenvalue weighted by Gasteiger charge is 2.31. The lowest BCUT2D eigenvalue weighted by Crippen LogP contribution is -2.49. The van der Waals surface area contributed by atoms with Crippen LogP contribution in [0.1, 0.15) is 32.1 Å². The highest BCUT2D eigenvalue weighted by molar-refractivity contribution is 5.78. The van der Waals surface area contributed by atoms with Crippen LogP contribution in [-0.2, 0) is 9.53 Å². The predicted octanol–water partition coefficient (Wildman–Crippen LogP) is 0.472. The number of ether oxygens (including phenoxy) is 1. The molecule has 2 aliphatic rings. The normalized spacial score (nSPS) is 23.6. The minimum absolute atomic E-state index is 0.192. The number of amides is 1. The molecule has 2 saturated heterocycles. The lowest BCUT2D eigenvalue weighted by molar-refractivity contribution is -0.134. The first-order valence-electron chi connectivity index (χ1n) is 7.36. The average Bonchev–Trinajstić information content (AvgIpc) is 2.39. The van der Waals surface area contributed by atoms with Gasteiger partial charge in [0.25, 0.3) is 0 Å². The molecule has 0 radical (unpaired) electrons. The third-order valence-electron chi connectivity index (χ3n) is 4.10. The second-order valence-electron chi connectivity index (χ2n) is 5.95. The van der Waals surface area contributed by atoms with Crippen LogP contribution >= 0.6 is 0 Å². The summed E-state index contributed by atoms with van der Waals surface area (Å²) in [5, 5.41) is 10.4. The molecule has 5 nitrogen and oxygen atoms in total. The minimum atomic E-state index is -0.685. The molecule has 0 spiro atoms. The molecule has 0 aliphatic carbocycles. The lowest BCUT2D eigenvalue weighted by Gasteiger charge is -2.36. The summed E-state index contributed by atoms with van der Waals surface area (Å²) in [4.78, 5) is 16.0. The second-order valence-corrected chi connectivity index (χ2v) is 5.95. The van der Waals surface area contributed by atoms with Crippen molar-refractivity contribution in [3.63, 3.8) is 0 Å². The summed E-state index contributed by atoms with van der Waals surface area (Å²) in [6.07, 6.45) is 4.80. The van der Waals surface area contributed by atoms with Crippen LogP contribution in [-0.4, -0.2) is 72.9 Å².